The molecule has 29 heavy (non-hydrogen) atoms. The van der Waals surface area contributed by atoms with Gasteiger partial charge in [0.05, 0.1) is 12.3 Å². The molecule has 0 fully saturated rings. The highest BCUT2D eigenvalue weighted by Crippen LogP contribution is 2.20. The highest BCUT2D eigenvalue weighted by molar-refractivity contribution is 6.05. The summed E-state index contributed by atoms with van der Waals surface area (Å²) >= 11 is 0. The number of nitrogens with zero attached hydrogens (tertiary/aromatic N) is 3. The molecular weight excluding hydrogens is 364 g/mol. The Kier molecular flexibility index (Phi) is 5.24. The van der Waals surface area contributed by atoms with Crippen LogP contribution in [0.25, 0.3) is 16.7 Å². The normalized spacial score (nSPS) is 11.0. The van der Waals surface area contributed by atoms with Crippen molar-refractivity contribution in [1.82, 2.24) is 15.0 Å². The van der Waals surface area contributed by atoms with E-state index in [1.165, 1.54) is 0 Å². The van der Waals surface area contributed by atoms with Gasteiger partial charge in [-0.3, -0.25) is 4.79 Å². The molecule has 1 amide bonds. The van der Waals surface area contributed by atoms with E-state index in [2.05, 4.69) is 29.4 Å². The fraction of sp³-hybridized carbons (Fsp3) is 0.174. The summed E-state index contributed by atoms with van der Waals surface area (Å²) in [5.74, 6) is 0.908. The smallest absolute Gasteiger partial charge is 0.255 e. The van der Waals surface area contributed by atoms with Crippen LogP contribution >= 0.6 is 0 Å². The lowest BCUT2D eigenvalue weighted by molar-refractivity contribution is 0.102. The number of para-hydroxylation sites is 1. The van der Waals surface area contributed by atoms with Crippen molar-refractivity contribution in [3.8, 4) is 11.4 Å². The van der Waals surface area contributed by atoms with E-state index in [-0.39, 0.29) is 5.91 Å². The molecule has 1 N–H and O–H groups in total. The van der Waals surface area contributed by atoms with Crippen LogP contribution in [0.4, 0.5) is 5.69 Å². The van der Waals surface area contributed by atoms with Gasteiger partial charge >= 0.3 is 0 Å². The van der Waals surface area contributed by atoms with E-state index in [1.54, 1.807) is 16.9 Å². The van der Waals surface area contributed by atoms with Gasteiger partial charge in [-0.25, -0.2) is 0 Å². The van der Waals surface area contributed by atoms with E-state index in [0.717, 1.165) is 11.2 Å². The second kappa shape index (κ2) is 8.14. The molecule has 0 spiro atoms. The van der Waals surface area contributed by atoms with Crippen LogP contribution in [-0.2, 0) is 0 Å². The fourth-order valence-electron chi connectivity index (χ4n) is 2.86. The molecule has 4 rings (SSSR count). The molecule has 0 saturated heterocycles. The second-order valence-corrected chi connectivity index (χ2v) is 7.22. The molecule has 0 bridgehead atoms. The lowest BCUT2D eigenvalue weighted by Crippen LogP contribution is -2.12. The van der Waals surface area contributed by atoms with Crippen molar-refractivity contribution in [2.45, 2.75) is 13.8 Å². The van der Waals surface area contributed by atoms with Gasteiger partial charge in [-0.1, -0.05) is 38.1 Å². The number of ether oxygens (including phenoxy) is 1. The van der Waals surface area contributed by atoms with Crippen LogP contribution in [0, 0.1) is 5.92 Å². The summed E-state index contributed by atoms with van der Waals surface area (Å²) in [5.41, 5.74) is 3.56. The molecule has 0 aliphatic rings. The summed E-state index contributed by atoms with van der Waals surface area (Å²) in [5, 5.41) is 11.9. The number of hydrogen-bond donors (Lipinski definition) is 1. The maximum absolute atomic E-state index is 12.7. The van der Waals surface area contributed by atoms with Crippen molar-refractivity contribution in [3.63, 3.8) is 0 Å². The number of fused-ring (bicyclic) bond motifs is 1. The topological polar surface area (TPSA) is 69.0 Å². The van der Waals surface area contributed by atoms with Gasteiger partial charge in [0.15, 0.2) is 0 Å². The summed E-state index contributed by atoms with van der Waals surface area (Å²) in [7, 11) is 0. The predicted molar refractivity (Wildman–Crippen MR) is 114 cm³/mol. The molecule has 6 nitrogen and oxygen atoms in total. The fourth-order valence-corrected chi connectivity index (χ4v) is 2.86. The van der Waals surface area contributed by atoms with Crippen LogP contribution in [0.1, 0.15) is 24.2 Å². The van der Waals surface area contributed by atoms with Crippen molar-refractivity contribution >= 4 is 22.6 Å². The molecule has 0 atom stereocenters. The Balaban J connectivity index is 1.52. The minimum absolute atomic E-state index is 0.199. The largest absolute Gasteiger partial charge is 0.493 e. The van der Waals surface area contributed by atoms with Crippen LogP contribution in [0.15, 0.2) is 72.8 Å². The van der Waals surface area contributed by atoms with Gasteiger partial charge < -0.3 is 10.1 Å². The summed E-state index contributed by atoms with van der Waals surface area (Å²) in [4.78, 5) is 14.2. The Labute approximate surface area is 169 Å². The average Bonchev–Trinajstić information content (AvgIpc) is 3.16. The number of benzene rings is 3. The number of anilines is 1. The first-order valence-corrected chi connectivity index (χ1v) is 9.55. The Bertz CT molecular complexity index is 1140. The second-order valence-electron chi connectivity index (χ2n) is 7.22. The predicted octanol–water partition coefficient (Wildman–Crippen LogP) is 4.71. The molecule has 0 saturated carbocycles. The minimum atomic E-state index is -0.199. The number of nitrogens with one attached hydrogen (secondary N) is 1. The quantitative estimate of drug-likeness (QED) is 0.521. The van der Waals surface area contributed by atoms with Gasteiger partial charge in [0, 0.05) is 11.3 Å². The van der Waals surface area contributed by atoms with Crippen LogP contribution in [0.3, 0.4) is 0 Å². The molecule has 0 unspecified atom stereocenters. The lowest BCUT2D eigenvalue weighted by atomic mass is 10.2. The standard InChI is InChI=1S/C23H22N4O2/c1-16(2)15-29-20-10-6-7-17(13-20)23(28)24-18-11-12-21-22(14-18)26-27(25-21)19-8-4-3-5-9-19/h3-14,16H,15H2,1-2H3,(H,24,28). The third kappa shape index (κ3) is 4.43. The van der Waals surface area contributed by atoms with E-state index in [1.807, 2.05) is 60.7 Å². The lowest BCUT2D eigenvalue weighted by Gasteiger charge is -2.10. The van der Waals surface area contributed by atoms with Crippen LogP contribution in [-0.4, -0.2) is 27.5 Å². The van der Waals surface area contributed by atoms with Crippen molar-refractivity contribution in [2.24, 2.45) is 5.92 Å². The molecule has 1 heterocycles. The Morgan fingerprint density at radius 1 is 0.966 bits per heavy atom. The minimum Gasteiger partial charge on any atom is -0.493 e. The SMILES string of the molecule is CC(C)COc1cccc(C(=O)Nc2ccc3nn(-c4ccccc4)nc3c2)c1. The first kappa shape index (κ1) is 18.7. The Morgan fingerprint density at radius 3 is 2.55 bits per heavy atom. The Hall–Kier alpha value is -3.67. The number of amides is 1. The van der Waals surface area contributed by atoms with Crippen molar-refractivity contribution in [2.75, 3.05) is 11.9 Å². The zero-order valence-corrected chi connectivity index (χ0v) is 16.4. The highest BCUT2D eigenvalue weighted by atomic mass is 16.5. The van der Waals surface area contributed by atoms with Crippen LogP contribution in [0.2, 0.25) is 0 Å². The van der Waals surface area contributed by atoms with Crippen LogP contribution in [0.5, 0.6) is 5.75 Å². The summed E-state index contributed by atoms with van der Waals surface area (Å²) in [6.07, 6.45) is 0. The summed E-state index contributed by atoms with van der Waals surface area (Å²) in [6.45, 7) is 4.78. The number of aromatic nitrogens is 3. The Morgan fingerprint density at radius 2 is 1.76 bits per heavy atom. The summed E-state index contributed by atoms with van der Waals surface area (Å²) < 4.78 is 5.71. The first-order valence-electron chi connectivity index (χ1n) is 9.55. The van der Waals surface area contributed by atoms with Gasteiger partial charge in [0.1, 0.15) is 16.8 Å². The molecule has 3 aromatic carbocycles. The third-order valence-electron chi connectivity index (χ3n) is 4.30. The van der Waals surface area contributed by atoms with Gasteiger partial charge in [-0.2, -0.15) is 4.80 Å². The van der Waals surface area contributed by atoms with Gasteiger partial charge in [-0.05, 0) is 54.4 Å². The van der Waals surface area contributed by atoms with Crippen LogP contribution < -0.4 is 10.1 Å². The highest BCUT2D eigenvalue weighted by Gasteiger charge is 2.10. The summed E-state index contributed by atoms with van der Waals surface area (Å²) in [6, 6.07) is 22.4. The average molecular weight is 386 g/mol. The van der Waals surface area contributed by atoms with Crippen molar-refractivity contribution < 1.29 is 9.53 Å². The number of carbonyl (C=O) groups is 1. The zero-order valence-electron chi connectivity index (χ0n) is 16.4. The van der Waals surface area contributed by atoms with Crippen molar-refractivity contribution in [1.29, 1.82) is 0 Å². The first-order chi connectivity index (χ1) is 14.1. The van der Waals surface area contributed by atoms with Gasteiger partial charge in [0.25, 0.3) is 5.91 Å². The van der Waals surface area contributed by atoms with Gasteiger partial charge in [-0.15, -0.1) is 10.2 Å². The molecule has 1 aromatic heterocycles. The molecular formula is C23H22N4O2. The maximum Gasteiger partial charge on any atom is 0.255 e. The number of carbonyl (C=O) groups excluding carboxylic acids is 1. The third-order valence-corrected chi connectivity index (χ3v) is 4.30. The monoisotopic (exact) mass is 386 g/mol. The van der Waals surface area contributed by atoms with Gasteiger partial charge in [0.2, 0.25) is 0 Å². The molecule has 0 radical (unpaired) electrons. The van der Waals surface area contributed by atoms with E-state index in [9.17, 15) is 4.79 Å². The van der Waals surface area contributed by atoms with E-state index >= 15 is 0 Å². The maximum atomic E-state index is 12.7. The van der Waals surface area contributed by atoms with E-state index < -0.39 is 0 Å². The molecule has 6 heteroatoms. The van der Waals surface area contributed by atoms with E-state index in [0.29, 0.717) is 35.0 Å². The zero-order chi connectivity index (χ0) is 20.2. The number of hydrogen-bond acceptors (Lipinski definition) is 4. The molecule has 0 aliphatic carbocycles. The van der Waals surface area contributed by atoms with E-state index in [4.69, 9.17) is 4.74 Å². The number of rotatable bonds is 6. The van der Waals surface area contributed by atoms with Crippen molar-refractivity contribution in [3.05, 3.63) is 78.4 Å². The molecule has 0 aliphatic heterocycles. The molecule has 146 valence electrons. The molecule has 4 aromatic rings.